The van der Waals surface area contributed by atoms with Crippen LogP contribution in [0.1, 0.15) is 62.8 Å². The van der Waals surface area contributed by atoms with Crippen molar-refractivity contribution >= 4 is 18.1 Å². The maximum atomic E-state index is 11.6. The molecule has 0 aliphatic carbocycles. The number of benzene rings is 1. The van der Waals surface area contributed by atoms with Crippen LogP contribution in [-0.4, -0.2) is 24.0 Å². The molecule has 0 N–H and O–H groups in total. The zero-order valence-electron chi connectivity index (χ0n) is 17.7. The minimum Gasteiger partial charge on any atom is -0.619 e. The number of halogens is 1. The number of fused-ring (bicyclic) bond motifs is 3. The van der Waals surface area contributed by atoms with Crippen molar-refractivity contribution in [2.45, 2.75) is 64.5 Å². The first-order chi connectivity index (χ1) is 13.3. The third-order valence-electron chi connectivity index (χ3n) is 6.10. The van der Waals surface area contributed by atoms with Gasteiger partial charge in [0.1, 0.15) is 5.60 Å². The van der Waals surface area contributed by atoms with E-state index in [-0.39, 0.29) is 23.5 Å². The van der Waals surface area contributed by atoms with Crippen LogP contribution in [0.2, 0.25) is 0 Å². The Labute approximate surface area is 178 Å². The second-order valence-electron chi connectivity index (χ2n) is 8.49. The number of ether oxygens (including phenoxy) is 2. The summed E-state index contributed by atoms with van der Waals surface area (Å²) in [4.78, 5) is 5.10. The molecule has 2 aromatic rings. The predicted molar refractivity (Wildman–Crippen MR) is 117 cm³/mol. The molecule has 1 aromatic carbocycles. The minimum atomic E-state index is -0.225. The van der Waals surface area contributed by atoms with Crippen molar-refractivity contribution in [3.05, 3.63) is 58.1 Å². The Kier molecular flexibility index (Phi) is 5.56. The van der Waals surface area contributed by atoms with Crippen LogP contribution in [0.3, 0.4) is 0 Å². The number of pyridine rings is 1. The highest BCUT2D eigenvalue weighted by molar-refractivity contribution is 6.16. The van der Waals surface area contributed by atoms with Crippen LogP contribution in [0, 0.1) is 5.21 Å². The molecule has 156 valence electrons. The topological polar surface area (TPSA) is 57.8 Å². The van der Waals surface area contributed by atoms with E-state index in [2.05, 4.69) is 33.8 Å². The van der Waals surface area contributed by atoms with E-state index >= 15 is 0 Å². The highest BCUT2D eigenvalue weighted by Crippen LogP contribution is 2.49. The third-order valence-corrected chi connectivity index (χ3v) is 6.10. The molecule has 0 atom stereocenters. The molecule has 0 saturated carbocycles. The average molecular weight is 417 g/mol. The van der Waals surface area contributed by atoms with Crippen LogP contribution in [0.5, 0.6) is 11.5 Å². The summed E-state index contributed by atoms with van der Waals surface area (Å²) < 4.78 is 13.0. The Morgan fingerprint density at radius 2 is 1.83 bits per heavy atom. The van der Waals surface area contributed by atoms with E-state index in [1.165, 1.54) is 23.5 Å². The molecular formula is C23H29ClN2O3. The Morgan fingerprint density at radius 3 is 2.41 bits per heavy atom. The standard InChI is InChI=1S/C23H28N2O3.ClH/c1-6-23(7-2)14-17-19-16(12-18(27-5)21(17)28-23)13-22(3,4)24-20(19)15-8-10-25(26)11-9-15;/h8-12H,6-7,13-14H2,1-5H3;1H. The van der Waals surface area contributed by atoms with Crippen LogP contribution < -0.4 is 14.2 Å². The van der Waals surface area contributed by atoms with E-state index in [1.807, 2.05) is 12.1 Å². The second kappa shape index (κ2) is 7.52. The summed E-state index contributed by atoms with van der Waals surface area (Å²) in [5.41, 5.74) is 5.05. The molecule has 0 bridgehead atoms. The number of nitrogens with zero attached hydrogens (tertiary/aromatic N) is 2. The summed E-state index contributed by atoms with van der Waals surface area (Å²) in [5, 5.41) is 11.6. The number of hydrogen-bond donors (Lipinski definition) is 0. The lowest BCUT2D eigenvalue weighted by Gasteiger charge is -2.30. The summed E-state index contributed by atoms with van der Waals surface area (Å²) in [6.45, 7) is 8.64. The fourth-order valence-electron chi connectivity index (χ4n) is 4.48. The van der Waals surface area contributed by atoms with E-state index < -0.39 is 0 Å². The van der Waals surface area contributed by atoms with E-state index in [0.717, 1.165) is 58.8 Å². The molecule has 29 heavy (non-hydrogen) atoms. The lowest BCUT2D eigenvalue weighted by Crippen LogP contribution is -2.33. The maximum Gasteiger partial charge on any atom is 0.181 e. The van der Waals surface area contributed by atoms with Crippen LogP contribution in [0.25, 0.3) is 0 Å². The average Bonchev–Trinajstić information content (AvgIpc) is 3.07. The van der Waals surface area contributed by atoms with Gasteiger partial charge in [0.2, 0.25) is 0 Å². The molecule has 6 heteroatoms. The molecule has 0 unspecified atom stereocenters. The molecule has 0 saturated heterocycles. The SMILES string of the molecule is CCC1(CC)Cc2c(c(OC)cc3c2C(c2cc[n+]([O-])cc2)=NC(C)(C)C3)O1.Cl. The molecule has 2 aliphatic heterocycles. The molecule has 1 aromatic heterocycles. The van der Waals surface area contributed by atoms with Gasteiger partial charge in [0, 0.05) is 35.2 Å². The quantitative estimate of drug-likeness (QED) is 0.547. The molecular weight excluding hydrogens is 388 g/mol. The van der Waals surface area contributed by atoms with Gasteiger partial charge >= 0.3 is 0 Å². The molecule has 4 rings (SSSR count). The monoisotopic (exact) mass is 416 g/mol. The normalized spacial score (nSPS) is 18.0. The summed E-state index contributed by atoms with van der Waals surface area (Å²) in [6, 6.07) is 5.80. The number of methoxy groups -OCH3 is 1. The smallest absolute Gasteiger partial charge is 0.181 e. The Hall–Kier alpha value is -2.27. The highest BCUT2D eigenvalue weighted by atomic mass is 35.5. The second-order valence-corrected chi connectivity index (χ2v) is 8.49. The molecule has 3 heterocycles. The number of aliphatic imine (C=N–C) groups is 1. The van der Waals surface area contributed by atoms with Gasteiger partial charge in [0.25, 0.3) is 0 Å². The van der Waals surface area contributed by atoms with Crippen molar-refractivity contribution < 1.29 is 14.2 Å². The van der Waals surface area contributed by atoms with Gasteiger partial charge in [-0.05, 0) is 44.7 Å². The maximum absolute atomic E-state index is 11.6. The number of aromatic nitrogens is 1. The Bertz CT molecular complexity index is 948. The summed E-state index contributed by atoms with van der Waals surface area (Å²) in [6.07, 6.45) is 6.63. The third kappa shape index (κ3) is 3.57. The Morgan fingerprint density at radius 1 is 1.17 bits per heavy atom. The van der Waals surface area contributed by atoms with Crippen molar-refractivity contribution in [1.82, 2.24) is 0 Å². The van der Waals surface area contributed by atoms with E-state index in [1.54, 1.807) is 7.11 Å². The molecule has 5 nitrogen and oxygen atoms in total. The molecule has 0 radical (unpaired) electrons. The van der Waals surface area contributed by atoms with Crippen LogP contribution >= 0.6 is 12.4 Å². The predicted octanol–water partition coefficient (Wildman–Crippen LogP) is 4.42. The van der Waals surface area contributed by atoms with E-state index in [0.29, 0.717) is 0 Å². The van der Waals surface area contributed by atoms with Gasteiger partial charge < -0.3 is 14.7 Å². The van der Waals surface area contributed by atoms with Gasteiger partial charge in [0.05, 0.1) is 18.4 Å². The summed E-state index contributed by atoms with van der Waals surface area (Å²) in [5.74, 6) is 1.66. The lowest BCUT2D eigenvalue weighted by atomic mass is 9.80. The largest absolute Gasteiger partial charge is 0.619 e. The van der Waals surface area contributed by atoms with Gasteiger partial charge in [-0.2, -0.15) is 4.73 Å². The first-order valence-electron chi connectivity index (χ1n) is 10.0. The van der Waals surface area contributed by atoms with E-state index in [4.69, 9.17) is 14.5 Å². The Balaban J connectivity index is 0.00000240. The highest BCUT2D eigenvalue weighted by Gasteiger charge is 2.42. The van der Waals surface area contributed by atoms with Gasteiger partial charge in [-0.25, -0.2) is 0 Å². The van der Waals surface area contributed by atoms with Crippen molar-refractivity contribution in [2.24, 2.45) is 4.99 Å². The number of hydrogen-bond acceptors (Lipinski definition) is 4. The van der Waals surface area contributed by atoms with Gasteiger partial charge in [0.15, 0.2) is 23.9 Å². The fourth-order valence-corrected chi connectivity index (χ4v) is 4.48. The van der Waals surface area contributed by atoms with Crippen molar-refractivity contribution in [2.75, 3.05) is 7.11 Å². The fraction of sp³-hybridized carbons (Fsp3) is 0.478. The van der Waals surface area contributed by atoms with Gasteiger partial charge in [-0.3, -0.25) is 4.99 Å². The first kappa shape index (κ1) is 21.4. The van der Waals surface area contributed by atoms with Crippen molar-refractivity contribution in [1.29, 1.82) is 0 Å². The van der Waals surface area contributed by atoms with Crippen LogP contribution in [0.4, 0.5) is 0 Å². The van der Waals surface area contributed by atoms with Crippen LogP contribution in [-0.2, 0) is 12.8 Å². The van der Waals surface area contributed by atoms with E-state index in [9.17, 15) is 5.21 Å². The van der Waals surface area contributed by atoms with Gasteiger partial charge in [-0.15, -0.1) is 12.4 Å². The molecule has 0 fully saturated rings. The summed E-state index contributed by atoms with van der Waals surface area (Å²) in [7, 11) is 1.70. The summed E-state index contributed by atoms with van der Waals surface area (Å²) >= 11 is 0. The number of rotatable bonds is 4. The van der Waals surface area contributed by atoms with Crippen LogP contribution in [0.15, 0.2) is 35.6 Å². The van der Waals surface area contributed by atoms with Gasteiger partial charge in [-0.1, -0.05) is 13.8 Å². The molecule has 0 amide bonds. The van der Waals surface area contributed by atoms with Crippen molar-refractivity contribution in [3.63, 3.8) is 0 Å². The molecule has 0 spiro atoms. The zero-order chi connectivity index (χ0) is 20.1. The van der Waals surface area contributed by atoms with Crippen molar-refractivity contribution in [3.8, 4) is 11.5 Å². The molecule has 2 aliphatic rings. The zero-order valence-corrected chi connectivity index (χ0v) is 18.6. The first-order valence-corrected chi connectivity index (χ1v) is 10.0. The lowest BCUT2D eigenvalue weighted by molar-refractivity contribution is -0.605. The minimum absolute atomic E-state index is 0.